The van der Waals surface area contributed by atoms with Gasteiger partial charge in [0.05, 0.1) is 0 Å². The Hall–Kier alpha value is -2.34. The molecule has 2 fully saturated rings. The summed E-state index contributed by atoms with van der Waals surface area (Å²) in [5, 5.41) is 3.11. The van der Waals surface area contributed by atoms with Crippen LogP contribution in [0.15, 0.2) is 36.4 Å². The van der Waals surface area contributed by atoms with Gasteiger partial charge in [0.25, 0.3) is 0 Å². The van der Waals surface area contributed by atoms with Crippen molar-refractivity contribution >= 4 is 18.0 Å². The SMILES string of the molecule is CC(=O)N1CCC[C@@H](NC(=O)N2CCN(C/C=C/c3ccccc3)CC2)C1. The second kappa shape index (κ2) is 9.55. The fraction of sp³-hybridized carbons (Fsp3) is 0.524. The van der Waals surface area contributed by atoms with Gasteiger partial charge in [-0.15, -0.1) is 0 Å². The van der Waals surface area contributed by atoms with E-state index in [0.717, 1.165) is 52.1 Å². The Labute approximate surface area is 161 Å². The molecule has 1 aromatic rings. The first-order valence-corrected chi connectivity index (χ1v) is 9.87. The van der Waals surface area contributed by atoms with Crippen molar-refractivity contribution in [3.05, 3.63) is 42.0 Å². The van der Waals surface area contributed by atoms with Crippen LogP contribution in [0.4, 0.5) is 4.79 Å². The number of amides is 3. The Bertz CT molecular complexity index is 653. The van der Waals surface area contributed by atoms with Gasteiger partial charge in [-0.3, -0.25) is 9.69 Å². The van der Waals surface area contributed by atoms with Crippen molar-refractivity contribution in [3.8, 4) is 0 Å². The fourth-order valence-corrected chi connectivity index (χ4v) is 3.68. The van der Waals surface area contributed by atoms with Crippen LogP contribution in [0, 0.1) is 0 Å². The van der Waals surface area contributed by atoms with Crippen molar-refractivity contribution in [1.29, 1.82) is 0 Å². The monoisotopic (exact) mass is 370 g/mol. The van der Waals surface area contributed by atoms with Crippen LogP contribution in [0.25, 0.3) is 6.08 Å². The summed E-state index contributed by atoms with van der Waals surface area (Å²) in [6.45, 7) is 7.19. The number of urea groups is 1. The normalized spacial score (nSPS) is 21.4. The summed E-state index contributed by atoms with van der Waals surface area (Å²) in [6.07, 6.45) is 6.22. The minimum Gasteiger partial charge on any atom is -0.341 e. The van der Waals surface area contributed by atoms with Crippen LogP contribution in [0.1, 0.15) is 25.3 Å². The molecule has 2 aliphatic heterocycles. The summed E-state index contributed by atoms with van der Waals surface area (Å²) in [4.78, 5) is 30.1. The summed E-state index contributed by atoms with van der Waals surface area (Å²) in [5.74, 6) is 0.0890. The highest BCUT2D eigenvalue weighted by Gasteiger charge is 2.26. The molecule has 0 aromatic heterocycles. The van der Waals surface area contributed by atoms with E-state index in [0.29, 0.717) is 6.54 Å². The number of rotatable bonds is 4. The number of carbonyl (C=O) groups excluding carboxylic acids is 2. The topological polar surface area (TPSA) is 55.9 Å². The van der Waals surface area contributed by atoms with Gasteiger partial charge in [-0.25, -0.2) is 4.79 Å². The number of hydrogen-bond acceptors (Lipinski definition) is 3. The van der Waals surface area contributed by atoms with Gasteiger partial charge in [0, 0.05) is 58.8 Å². The second-order valence-electron chi connectivity index (χ2n) is 7.35. The molecule has 2 aliphatic rings. The van der Waals surface area contributed by atoms with Gasteiger partial charge in [-0.05, 0) is 18.4 Å². The van der Waals surface area contributed by atoms with E-state index in [2.05, 4.69) is 34.5 Å². The highest BCUT2D eigenvalue weighted by molar-refractivity contribution is 5.75. The van der Waals surface area contributed by atoms with Gasteiger partial charge < -0.3 is 15.1 Å². The van der Waals surface area contributed by atoms with Gasteiger partial charge in [0.2, 0.25) is 5.91 Å². The highest BCUT2D eigenvalue weighted by atomic mass is 16.2. The molecule has 0 saturated carbocycles. The average Bonchev–Trinajstić information content (AvgIpc) is 2.69. The minimum absolute atomic E-state index is 0.00452. The van der Waals surface area contributed by atoms with E-state index in [4.69, 9.17) is 0 Å². The standard InChI is InChI=1S/C21H30N4O2/c1-18(26)25-12-6-10-20(17-25)22-21(27)24-15-13-23(14-16-24)11-5-9-19-7-3-2-4-8-19/h2-5,7-9,20H,6,10-17H2,1H3,(H,22,27)/b9-5+/t20-/m1/s1. The quantitative estimate of drug-likeness (QED) is 0.882. The summed E-state index contributed by atoms with van der Waals surface area (Å²) in [5.41, 5.74) is 1.21. The van der Waals surface area contributed by atoms with Gasteiger partial charge in [0.1, 0.15) is 0 Å². The summed E-state index contributed by atoms with van der Waals surface area (Å²) >= 11 is 0. The van der Waals surface area contributed by atoms with Crippen LogP contribution >= 0.6 is 0 Å². The molecule has 1 aromatic carbocycles. The van der Waals surface area contributed by atoms with Gasteiger partial charge in [0.15, 0.2) is 0 Å². The Morgan fingerprint density at radius 2 is 1.81 bits per heavy atom. The van der Waals surface area contributed by atoms with E-state index in [9.17, 15) is 9.59 Å². The molecule has 6 heteroatoms. The number of nitrogens with one attached hydrogen (secondary N) is 1. The zero-order valence-corrected chi connectivity index (χ0v) is 16.1. The third-order valence-electron chi connectivity index (χ3n) is 5.33. The van der Waals surface area contributed by atoms with Crippen LogP contribution in [0.2, 0.25) is 0 Å². The van der Waals surface area contributed by atoms with E-state index in [-0.39, 0.29) is 18.0 Å². The van der Waals surface area contributed by atoms with Crippen molar-refractivity contribution < 1.29 is 9.59 Å². The van der Waals surface area contributed by atoms with Crippen molar-refractivity contribution in [3.63, 3.8) is 0 Å². The lowest BCUT2D eigenvalue weighted by molar-refractivity contribution is -0.130. The Kier molecular flexibility index (Phi) is 6.87. The predicted molar refractivity (Wildman–Crippen MR) is 107 cm³/mol. The third-order valence-corrected chi connectivity index (χ3v) is 5.33. The minimum atomic E-state index is 0.00452. The van der Waals surface area contributed by atoms with E-state index >= 15 is 0 Å². The maximum Gasteiger partial charge on any atom is 0.317 e. The summed E-state index contributed by atoms with van der Waals surface area (Å²) in [6, 6.07) is 10.4. The Morgan fingerprint density at radius 3 is 2.52 bits per heavy atom. The number of piperidine rings is 1. The molecule has 0 radical (unpaired) electrons. The number of nitrogens with zero attached hydrogens (tertiary/aromatic N) is 3. The summed E-state index contributed by atoms with van der Waals surface area (Å²) < 4.78 is 0. The molecule has 0 aliphatic carbocycles. The molecule has 27 heavy (non-hydrogen) atoms. The van der Waals surface area contributed by atoms with Gasteiger partial charge in [-0.1, -0.05) is 42.5 Å². The molecular weight excluding hydrogens is 340 g/mol. The zero-order chi connectivity index (χ0) is 19.1. The number of likely N-dealkylation sites (tertiary alicyclic amines) is 1. The smallest absolute Gasteiger partial charge is 0.317 e. The van der Waals surface area contributed by atoms with Crippen molar-refractivity contribution in [1.82, 2.24) is 20.0 Å². The first kappa shape index (κ1) is 19.4. The molecule has 0 spiro atoms. The van der Waals surface area contributed by atoms with E-state index in [1.54, 1.807) is 6.92 Å². The fourth-order valence-electron chi connectivity index (χ4n) is 3.68. The second-order valence-corrected chi connectivity index (χ2v) is 7.35. The maximum absolute atomic E-state index is 12.5. The van der Waals surface area contributed by atoms with E-state index < -0.39 is 0 Å². The highest BCUT2D eigenvalue weighted by Crippen LogP contribution is 2.11. The Balaban J connectivity index is 1.39. The number of benzene rings is 1. The van der Waals surface area contributed by atoms with E-state index in [1.165, 1.54) is 5.56 Å². The maximum atomic E-state index is 12.5. The first-order valence-electron chi connectivity index (χ1n) is 9.87. The molecular formula is C21H30N4O2. The molecule has 0 bridgehead atoms. The Morgan fingerprint density at radius 1 is 1.07 bits per heavy atom. The van der Waals surface area contributed by atoms with Crippen LogP contribution < -0.4 is 5.32 Å². The number of carbonyl (C=O) groups is 2. The largest absolute Gasteiger partial charge is 0.341 e. The molecule has 2 heterocycles. The zero-order valence-electron chi connectivity index (χ0n) is 16.1. The molecule has 2 saturated heterocycles. The molecule has 3 amide bonds. The number of hydrogen-bond donors (Lipinski definition) is 1. The van der Waals surface area contributed by atoms with Crippen LogP contribution in [0.3, 0.4) is 0 Å². The molecule has 0 unspecified atom stereocenters. The van der Waals surface area contributed by atoms with Crippen LogP contribution in [-0.2, 0) is 4.79 Å². The van der Waals surface area contributed by atoms with Crippen molar-refractivity contribution in [2.45, 2.75) is 25.8 Å². The third kappa shape index (κ3) is 5.82. The molecule has 6 nitrogen and oxygen atoms in total. The van der Waals surface area contributed by atoms with Gasteiger partial charge >= 0.3 is 6.03 Å². The van der Waals surface area contributed by atoms with E-state index in [1.807, 2.05) is 28.0 Å². The lowest BCUT2D eigenvalue weighted by atomic mass is 10.1. The van der Waals surface area contributed by atoms with Crippen molar-refractivity contribution in [2.24, 2.45) is 0 Å². The first-order chi connectivity index (χ1) is 13.1. The predicted octanol–water partition coefficient (Wildman–Crippen LogP) is 2.04. The molecule has 1 atom stereocenters. The van der Waals surface area contributed by atoms with Gasteiger partial charge in [-0.2, -0.15) is 0 Å². The summed E-state index contributed by atoms with van der Waals surface area (Å²) in [7, 11) is 0. The molecule has 1 N–H and O–H groups in total. The lowest BCUT2D eigenvalue weighted by Crippen LogP contribution is -2.56. The molecule has 3 rings (SSSR count). The van der Waals surface area contributed by atoms with Crippen LogP contribution in [-0.4, -0.2) is 78.5 Å². The average molecular weight is 370 g/mol. The molecule has 146 valence electrons. The van der Waals surface area contributed by atoms with Crippen molar-refractivity contribution in [2.75, 3.05) is 45.8 Å². The van der Waals surface area contributed by atoms with Crippen LogP contribution in [0.5, 0.6) is 0 Å². The lowest BCUT2D eigenvalue weighted by Gasteiger charge is -2.37. The number of piperazine rings is 1.